The minimum absolute atomic E-state index is 0.129. The molecule has 1 rings (SSSR count). The molecule has 0 bridgehead atoms. The van der Waals surface area contributed by atoms with E-state index in [1.54, 1.807) is 6.92 Å². The summed E-state index contributed by atoms with van der Waals surface area (Å²) < 4.78 is 37.1. The Morgan fingerprint density at radius 1 is 1.25 bits per heavy atom. The van der Waals surface area contributed by atoms with Crippen LogP contribution in [-0.2, 0) is 11.0 Å². The third-order valence-corrected chi connectivity index (χ3v) is 2.68. The molecule has 7 heteroatoms. The molecule has 110 valence electrons. The molecule has 2 amide bonds. The monoisotopic (exact) mass is 288 g/mol. The molecule has 3 N–H and O–H groups in total. The fourth-order valence-electron chi connectivity index (χ4n) is 1.55. The predicted octanol–water partition coefficient (Wildman–Crippen LogP) is 2.09. The van der Waals surface area contributed by atoms with Crippen molar-refractivity contribution in [2.24, 2.45) is 5.73 Å². The minimum Gasteiger partial charge on any atom is -0.370 e. The summed E-state index contributed by atoms with van der Waals surface area (Å²) in [6.07, 6.45) is -3.92. The average Bonchev–Trinajstić information content (AvgIpc) is 2.35. The van der Waals surface area contributed by atoms with E-state index in [2.05, 4.69) is 5.32 Å². The van der Waals surface area contributed by atoms with Gasteiger partial charge >= 0.3 is 6.18 Å². The lowest BCUT2D eigenvalue weighted by Crippen LogP contribution is -2.33. The number of nitrogens with two attached hydrogens (primary N) is 1. The van der Waals surface area contributed by atoms with Crippen LogP contribution in [0.2, 0.25) is 0 Å². The summed E-state index contributed by atoms with van der Waals surface area (Å²) in [5.74, 6) is -0.962. The summed E-state index contributed by atoms with van der Waals surface area (Å²) in [6, 6.07) is 3.63. The Balaban J connectivity index is 2.62. The van der Waals surface area contributed by atoms with Crippen molar-refractivity contribution >= 4 is 11.8 Å². The zero-order valence-corrected chi connectivity index (χ0v) is 10.8. The molecular weight excluding hydrogens is 273 g/mol. The van der Waals surface area contributed by atoms with Gasteiger partial charge in [0.15, 0.2) is 0 Å². The van der Waals surface area contributed by atoms with E-state index < -0.39 is 23.6 Å². The van der Waals surface area contributed by atoms with Gasteiger partial charge in [0.1, 0.15) is 0 Å². The smallest absolute Gasteiger partial charge is 0.370 e. The van der Waals surface area contributed by atoms with Crippen molar-refractivity contribution in [2.75, 3.05) is 0 Å². The number of benzene rings is 1. The number of nitrogens with one attached hydrogen (secondary N) is 1. The van der Waals surface area contributed by atoms with E-state index in [9.17, 15) is 22.8 Å². The lowest BCUT2D eigenvalue weighted by molar-refractivity contribution is -0.137. The maximum absolute atomic E-state index is 12.4. The number of hydrogen-bond donors (Lipinski definition) is 2. The van der Waals surface area contributed by atoms with Crippen molar-refractivity contribution in [3.63, 3.8) is 0 Å². The Morgan fingerprint density at radius 2 is 1.80 bits per heavy atom. The number of carbonyl (C=O) groups is 2. The summed E-state index contributed by atoms with van der Waals surface area (Å²) in [5, 5.41) is 2.58. The number of amides is 2. The Hall–Kier alpha value is -2.05. The second kappa shape index (κ2) is 6.40. The molecular formula is C13H15F3N2O2. The van der Waals surface area contributed by atoms with Crippen molar-refractivity contribution in [1.82, 2.24) is 5.32 Å². The van der Waals surface area contributed by atoms with E-state index in [4.69, 9.17) is 5.73 Å². The van der Waals surface area contributed by atoms with E-state index in [-0.39, 0.29) is 18.0 Å². The van der Waals surface area contributed by atoms with Gasteiger partial charge in [-0.3, -0.25) is 9.59 Å². The molecule has 0 aliphatic carbocycles. The van der Waals surface area contributed by atoms with Crippen molar-refractivity contribution in [1.29, 1.82) is 0 Å². The van der Waals surface area contributed by atoms with Crippen LogP contribution in [-0.4, -0.2) is 17.9 Å². The number of carbonyl (C=O) groups excluding carboxylic acids is 2. The molecule has 1 aromatic rings. The third-order valence-electron chi connectivity index (χ3n) is 2.68. The second-order valence-corrected chi connectivity index (χ2v) is 4.45. The average molecular weight is 288 g/mol. The van der Waals surface area contributed by atoms with Gasteiger partial charge in [-0.2, -0.15) is 13.2 Å². The van der Waals surface area contributed by atoms with Gasteiger partial charge in [-0.1, -0.05) is 0 Å². The minimum atomic E-state index is -4.43. The van der Waals surface area contributed by atoms with Crippen LogP contribution in [0.4, 0.5) is 13.2 Å². The lowest BCUT2D eigenvalue weighted by Gasteiger charge is -2.13. The van der Waals surface area contributed by atoms with Crippen LogP contribution in [0, 0.1) is 0 Å². The number of primary amides is 1. The predicted molar refractivity (Wildman–Crippen MR) is 66.8 cm³/mol. The van der Waals surface area contributed by atoms with Crippen molar-refractivity contribution in [2.45, 2.75) is 32.0 Å². The van der Waals surface area contributed by atoms with Gasteiger partial charge in [-0.25, -0.2) is 0 Å². The van der Waals surface area contributed by atoms with E-state index >= 15 is 0 Å². The molecule has 1 aromatic carbocycles. The number of halogens is 3. The molecule has 0 heterocycles. The highest BCUT2D eigenvalue weighted by atomic mass is 19.4. The highest BCUT2D eigenvalue weighted by Crippen LogP contribution is 2.29. The summed E-state index contributed by atoms with van der Waals surface area (Å²) in [7, 11) is 0. The van der Waals surface area contributed by atoms with Crippen LogP contribution >= 0.6 is 0 Å². The van der Waals surface area contributed by atoms with Crippen molar-refractivity contribution in [3.05, 3.63) is 35.4 Å². The van der Waals surface area contributed by atoms with Gasteiger partial charge in [0.05, 0.1) is 5.56 Å². The Bertz CT molecular complexity index is 483. The maximum Gasteiger partial charge on any atom is 0.416 e. The Morgan fingerprint density at radius 3 is 2.25 bits per heavy atom. The fourth-order valence-corrected chi connectivity index (χ4v) is 1.55. The topological polar surface area (TPSA) is 72.2 Å². The standard InChI is InChI=1S/C13H15F3N2O2/c1-8(2-7-11(17)19)18-12(20)9-3-5-10(6-4-9)13(14,15)16/h3-6,8H,2,7H2,1H3,(H2,17,19)(H,18,20). The third kappa shape index (κ3) is 4.91. The highest BCUT2D eigenvalue weighted by molar-refractivity contribution is 5.94. The first kappa shape index (κ1) is 16.0. The molecule has 0 aromatic heterocycles. The van der Waals surface area contributed by atoms with E-state index in [1.807, 2.05) is 0 Å². The van der Waals surface area contributed by atoms with Crippen molar-refractivity contribution < 1.29 is 22.8 Å². The molecule has 1 atom stereocenters. The van der Waals surface area contributed by atoms with Crippen LogP contribution < -0.4 is 11.1 Å². The maximum atomic E-state index is 12.4. The molecule has 0 aliphatic heterocycles. The fraction of sp³-hybridized carbons (Fsp3) is 0.385. The molecule has 0 saturated heterocycles. The lowest BCUT2D eigenvalue weighted by atomic mass is 10.1. The van der Waals surface area contributed by atoms with Crippen LogP contribution in [0.1, 0.15) is 35.7 Å². The molecule has 0 spiro atoms. The van der Waals surface area contributed by atoms with E-state index in [0.29, 0.717) is 6.42 Å². The molecule has 20 heavy (non-hydrogen) atoms. The quantitative estimate of drug-likeness (QED) is 0.870. The highest BCUT2D eigenvalue weighted by Gasteiger charge is 2.30. The van der Waals surface area contributed by atoms with Gasteiger partial charge in [0.2, 0.25) is 5.91 Å². The van der Waals surface area contributed by atoms with E-state index in [0.717, 1.165) is 24.3 Å². The Kier molecular flexibility index (Phi) is 5.12. The SMILES string of the molecule is CC(CCC(N)=O)NC(=O)c1ccc(C(F)(F)F)cc1. The number of rotatable bonds is 5. The summed E-state index contributed by atoms with van der Waals surface area (Å²) in [5.41, 5.74) is 4.30. The first-order valence-electron chi connectivity index (χ1n) is 5.96. The molecule has 0 radical (unpaired) electrons. The van der Waals surface area contributed by atoms with Gasteiger partial charge in [-0.05, 0) is 37.6 Å². The van der Waals surface area contributed by atoms with Crippen LogP contribution in [0.15, 0.2) is 24.3 Å². The van der Waals surface area contributed by atoms with Gasteiger partial charge < -0.3 is 11.1 Å². The molecule has 4 nitrogen and oxygen atoms in total. The van der Waals surface area contributed by atoms with Crippen LogP contribution in [0.5, 0.6) is 0 Å². The van der Waals surface area contributed by atoms with Gasteiger partial charge in [0, 0.05) is 18.0 Å². The normalized spacial score (nSPS) is 12.8. The second-order valence-electron chi connectivity index (χ2n) is 4.45. The van der Waals surface area contributed by atoms with Crippen molar-refractivity contribution in [3.8, 4) is 0 Å². The molecule has 0 saturated carbocycles. The molecule has 0 fully saturated rings. The summed E-state index contributed by atoms with van der Waals surface area (Å²) in [4.78, 5) is 22.3. The summed E-state index contributed by atoms with van der Waals surface area (Å²) >= 11 is 0. The molecule has 0 aliphatic rings. The van der Waals surface area contributed by atoms with Crippen LogP contribution in [0.25, 0.3) is 0 Å². The van der Waals surface area contributed by atoms with Gasteiger partial charge in [0.25, 0.3) is 5.91 Å². The number of hydrogen-bond acceptors (Lipinski definition) is 2. The molecule has 1 unspecified atom stereocenters. The van der Waals surface area contributed by atoms with Gasteiger partial charge in [-0.15, -0.1) is 0 Å². The first-order chi connectivity index (χ1) is 9.20. The van der Waals surface area contributed by atoms with E-state index in [1.165, 1.54) is 0 Å². The zero-order valence-electron chi connectivity index (χ0n) is 10.8. The first-order valence-corrected chi connectivity index (χ1v) is 5.96. The Labute approximate surface area is 114 Å². The summed E-state index contributed by atoms with van der Waals surface area (Å²) in [6.45, 7) is 1.69. The zero-order chi connectivity index (χ0) is 15.3. The number of alkyl halides is 3. The van der Waals surface area contributed by atoms with Crippen LogP contribution in [0.3, 0.4) is 0 Å². The largest absolute Gasteiger partial charge is 0.416 e.